The van der Waals surface area contributed by atoms with Crippen molar-refractivity contribution >= 4 is 11.7 Å². The van der Waals surface area contributed by atoms with Crippen LogP contribution < -0.4 is 0 Å². The molecule has 0 heterocycles. The molecule has 0 bridgehead atoms. The van der Waals surface area contributed by atoms with E-state index < -0.39 is 12.4 Å². The molecule has 0 spiro atoms. The molecule has 0 radical (unpaired) electrons. The van der Waals surface area contributed by atoms with E-state index in [9.17, 15) is 9.59 Å². The van der Waals surface area contributed by atoms with Gasteiger partial charge in [-0.3, -0.25) is 9.59 Å². The van der Waals surface area contributed by atoms with Crippen LogP contribution in [0.25, 0.3) is 0 Å². The molecule has 5 nitrogen and oxygen atoms in total. The monoisotopic (exact) mass is 279 g/mol. The van der Waals surface area contributed by atoms with E-state index in [1.54, 1.807) is 31.4 Å². The predicted molar refractivity (Wildman–Crippen MR) is 78.2 cm³/mol. The minimum Gasteiger partial charge on any atom is -0.389 e. The molecule has 0 saturated heterocycles. The van der Waals surface area contributed by atoms with Crippen molar-refractivity contribution in [2.45, 2.75) is 0 Å². The summed E-state index contributed by atoms with van der Waals surface area (Å²) >= 11 is 0. The molecule has 0 atom stereocenters. The number of nitrogens with zero attached hydrogens (tertiary/aromatic N) is 1. The molecule has 5 heteroatoms. The number of amides is 1. The standard InChI is InChI=1S/C15H21NO4/c1-4-6-13(7-5-10-20-3)8-9-15(19)16(2)11-14(18)12-17/h4-9,17H,1,10-12H2,2-3H3/b7-5-,9-8+,13-6+. The van der Waals surface area contributed by atoms with Crippen molar-refractivity contribution < 1.29 is 19.4 Å². The second-order valence-electron chi connectivity index (χ2n) is 3.98. The molecule has 0 aliphatic rings. The third kappa shape index (κ3) is 8.18. The van der Waals surface area contributed by atoms with Gasteiger partial charge in [0.2, 0.25) is 5.91 Å². The van der Waals surface area contributed by atoms with Crippen LogP contribution in [0.15, 0.2) is 48.6 Å². The number of ether oxygens (including phenoxy) is 1. The fourth-order valence-electron chi connectivity index (χ4n) is 1.27. The van der Waals surface area contributed by atoms with E-state index in [2.05, 4.69) is 6.58 Å². The number of carbonyl (C=O) groups excluding carboxylic acids is 2. The molecule has 1 N–H and O–H groups in total. The zero-order chi connectivity index (χ0) is 15.4. The van der Waals surface area contributed by atoms with Crippen LogP contribution in [0.1, 0.15) is 0 Å². The number of allylic oxidation sites excluding steroid dienone is 5. The Morgan fingerprint density at radius 1 is 1.30 bits per heavy atom. The lowest BCUT2D eigenvalue weighted by Crippen LogP contribution is -2.32. The number of Topliss-reactive ketones (excluding diaryl/α,β-unsaturated/α-hetero) is 1. The molecule has 0 saturated carbocycles. The molecule has 0 aromatic heterocycles. The molecule has 0 aliphatic carbocycles. The van der Waals surface area contributed by atoms with Crippen molar-refractivity contribution in [2.75, 3.05) is 33.9 Å². The van der Waals surface area contributed by atoms with E-state index in [1.807, 2.05) is 6.08 Å². The number of hydrogen-bond acceptors (Lipinski definition) is 4. The first-order chi connectivity index (χ1) is 9.54. The van der Waals surface area contributed by atoms with Crippen molar-refractivity contribution in [1.82, 2.24) is 4.90 Å². The Morgan fingerprint density at radius 3 is 2.55 bits per heavy atom. The van der Waals surface area contributed by atoms with Gasteiger partial charge in [-0.05, 0) is 11.6 Å². The van der Waals surface area contributed by atoms with E-state index in [-0.39, 0.29) is 12.5 Å². The van der Waals surface area contributed by atoms with Crippen molar-refractivity contribution in [1.29, 1.82) is 0 Å². The van der Waals surface area contributed by atoms with E-state index in [4.69, 9.17) is 9.84 Å². The van der Waals surface area contributed by atoms with Crippen LogP contribution >= 0.6 is 0 Å². The number of aliphatic hydroxyl groups is 1. The van der Waals surface area contributed by atoms with Gasteiger partial charge < -0.3 is 14.7 Å². The van der Waals surface area contributed by atoms with Gasteiger partial charge in [-0.25, -0.2) is 0 Å². The van der Waals surface area contributed by atoms with Crippen LogP contribution in [0, 0.1) is 0 Å². The maximum atomic E-state index is 11.7. The number of ketones is 1. The van der Waals surface area contributed by atoms with Crippen LogP contribution in [0.4, 0.5) is 0 Å². The highest BCUT2D eigenvalue weighted by Crippen LogP contribution is 2.01. The maximum absolute atomic E-state index is 11.7. The molecular formula is C15H21NO4. The zero-order valence-corrected chi connectivity index (χ0v) is 11.9. The number of hydrogen-bond donors (Lipinski definition) is 1. The summed E-state index contributed by atoms with van der Waals surface area (Å²) in [4.78, 5) is 24.0. The molecule has 0 fully saturated rings. The first-order valence-corrected chi connectivity index (χ1v) is 6.09. The third-order valence-corrected chi connectivity index (χ3v) is 2.27. The van der Waals surface area contributed by atoms with Crippen molar-refractivity contribution in [3.63, 3.8) is 0 Å². The molecule has 0 unspecified atom stereocenters. The minimum absolute atomic E-state index is 0.111. The summed E-state index contributed by atoms with van der Waals surface area (Å²) in [5, 5.41) is 8.63. The van der Waals surface area contributed by atoms with E-state index in [1.165, 1.54) is 18.0 Å². The highest BCUT2D eigenvalue weighted by Gasteiger charge is 2.09. The Bertz CT molecular complexity index is 422. The highest BCUT2D eigenvalue weighted by atomic mass is 16.5. The maximum Gasteiger partial charge on any atom is 0.246 e. The van der Waals surface area contributed by atoms with Gasteiger partial charge in [-0.2, -0.15) is 0 Å². The van der Waals surface area contributed by atoms with Crippen molar-refractivity contribution in [3.8, 4) is 0 Å². The zero-order valence-electron chi connectivity index (χ0n) is 11.9. The van der Waals surface area contributed by atoms with Crippen molar-refractivity contribution in [2.24, 2.45) is 0 Å². The van der Waals surface area contributed by atoms with Crippen LogP contribution in [0.3, 0.4) is 0 Å². The van der Waals surface area contributed by atoms with Crippen LogP contribution in [0.5, 0.6) is 0 Å². The Hall–Kier alpha value is -1.98. The summed E-state index contributed by atoms with van der Waals surface area (Å²) in [5.41, 5.74) is 0.785. The fourth-order valence-corrected chi connectivity index (χ4v) is 1.27. The van der Waals surface area contributed by atoms with Gasteiger partial charge in [-0.15, -0.1) is 0 Å². The topological polar surface area (TPSA) is 66.8 Å². The van der Waals surface area contributed by atoms with Gasteiger partial charge in [0, 0.05) is 20.2 Å². The van der Waals surface area contributed by atoms with Gasteiger partial charge in [0.05, 0.1) is 13.2 Å². The largest absolute Gasteiger partial charge is 0.389 e. The van der Waals surface area contributed by atoms with E-state index in [0.717, 1.165) is 5.57 Å². The molecular weight excluding hydrogens is 258 g/mol. The second-order valence-corrected chi connectivity index (χ2v) is 3.98. The SMILES string of the molecule is C=C/C=C(\C=C/COC)/C=C/C(=O)N(C)CC(=O)CO. The summed E-state index contributed by atoms with van der Waals surface area (Å²) in [6.07, 6.45) is 9.94. The summed E-state index contributed by atoms with van der Waals surface area (Å²) in [6, 6.07) is 0. The van der Waals surface area contributed by atoms with Gasteiger partial charge in [0.25, 0.3) is 0 Å². The highest BCUT2D eigenvalue weighted by molar-refractivity contribution is 5.92. The normalized spacial score (nSPS) is 12.1. The van der Waals surface area contributed by atoms with Crippen LogP contribution in [-0.2, 0) is 14.3 Å². The molecule has 20 heavy (non-hydrogen) atoms. The Kier molecular flexibility index (Phi) is 9.82. The molecule has 110 valence electrons. The molecule has 0 aliphatic heterocycles. The lowest BCUT2D eigenvalue weighted by Gasteiger charge is -2.12. The fraction of sp³-hybridized carbons (Fsp3) is 0.333. The second kappa shape index (κ2) is 10.9. The summed E-state index contributed by atoms with van der Waals surface area (Å²) < 4.78 is 4.89. The van der Waals surface area contributed by atoms with Gasteiger partial charge in [0.1, 0.15) is 6.61 Å². The third-order valence-electron chi connectivity index (χ3n) is 2.27. The Labute approximate surface area is 119 Å². The predicted octanol–water partition coefficient (Wildman–Crippen LogP) is 0.877. The molecule has 1 amide bonds. The lowest BCUT2D eigenvalue weighted by atomic mass is 10.2. The Morgan fingerprint density at radius 2 is 2.00 bits per heavy atom. The van der Waals surface area contributed by atoms with E-state index in [0.29, 0.717) is 6.61 Å². The quantitative estimate of drug-likeness (QED) is 0.502. The average molecular weight is 279 g/mol. The average Bonchev–Trinajstić information content (AvgIpc) is 2.44. The van der Waals surface area contributed by atoms with Gasteiger partial charge in [-0.1, -0.05) is 30.9 Å². The van der Waals surface area contributed by atoms with Crippen LogP contribution in [0.2, 0.25) is 0 Å². The molecule has 0 aromatic carbocycles. The minimum atomic E-state index is -0.567. The first kappa shape index (κ1) is 18.0. The smallest absolute Gasteiger partial charge is 0.246 e. The van der Waals surface area contributed by atoms with Gasteiger partial charge >= 0.3 is 0 Å². The number of likely N-dealkylation sites (N-methyl/N-ethyl adjacent to an activating group) is 1. The summed E-state index contributed by atoms with van der Waals surface area (Å²) in [7, 11) is 3.09. The molecule has 0 rings (SSSR count). The van der Waals surface area contributed by atoms with Gasteiger partial charge in [0.15, 0.2) is 5.78 Å². The lowest BCUT2D eigenvalue weighted by molar-refractivity contribution is -0.131. The van der Waals surface area contributed by atoms with Crippen LogP contribution in [-0.4, -0.2) is 55.6 Å². The number of aliphatic hydroxyl groups excluding tert-OH is 1. The van der Waals surface area contributed by atoms with Crippen molar-refractivity contribution in [3.05, 3.63) is 48.6 Å². The summed E-state index contributed by atoms with van der Waals surface area (Å²) in [5.74, 6) is -0.724. The number of rotatable bonds is 9. The first-order valence-electron chi connectivity index (χ1n) is 6.09. The summed E-state index contributed by atoms with van der Waals surface area (Å²) in [6.45, 7) is 3.39. The Balaban J connectivity index is 4.62. The molecule has 0 aromatic rings. The van der Waals surface area contributed by atoms with E-state index >= 15 is 0 Å². The number of carbonyl (C=O) groups is 2. The number of methoxy groups -OCH3 is 1.